The molecule has 3 nitrogen and oxygen atoms in total. The fourth-order valence-corrected chi connectivity index (χ4v) is 3.17. The van der Waals surface area contributed by atoms with Crippen molar-refractivity contribution >= 4 is 29.7 Å². The van der Waals surface area contributed by atoms with E-state index in [1.165, 1.54) is 4.88 Å². The third-order valence-corrected chi connectivity index (χ3v) is 4.38. The average Bonchev–Trinajstić information content (AvgIpc) is 2.97. The van der Waals surface area contributed by atoms with Crippen molar-refractivity contribution in [2.24, 2.45) is 5.73 Å². The second kappa shape index (κ2) is 6.55. The molecule has 0 aliphatic heterocycles. The van der Waals surface area contributed by atoms with Crippen molar-refractivity contribution < 1.29 is 4.79 Å². The average molecular weight is 289 g/mol. The van der Waals surface area contributed by atoms with Crippen LogP contribution in [0.4, 0.5) is 0 Å². The minimum atomic E-state index is -0.590. The standard InChI is InChI=1S/C13H20N2OS.ClH/c1-2-15(10-11-6-5-9-17-11)12(16)13(14)7-3-4-8-13;/h5-6,9H,2-4,7-8,10,14H2,1H3;1H. The summed E-state index contributed by atoms with van der Waals surface area (Å²) in [6.45, 7) is 3.45. The fraction of sp³-hybridized carbons (Fsp3) is 0.615. The first-order valence-corrected chi connectivity index (χ1v) is 7.14. The molecule has 1 heterocycles. The lowest BCUT2D eigenvalue weighted by atomic mass is 9.97. The van der Waals surface area contributed by atoms with Gasteiger partial charge in [-0.15, -0.1) is 23.7 Å². The van der Waals surface area contributed by atoms with Crippen LogP contribution in [0.15, 0.2) is 17.5 Å². The van der Waals surface area contributed by atoms with Gasteiger partial charge in [0.1, 0.15) is 0 Å². The number of halogens is 1. The van der Waals surface area contributed by atoms with E-state index in [4.69, 9.17) is 5.73 Å². The zero-order valence-corrected chi connectivity index (χ0v) is 12.4. The highest BCUT2D eigenvalue weighted by Gasteiger charge is 2.39. The number of carbonyl (C=O) groups excluding carboxylic acids is 1. The van der Waals surface area contributed by atoms with Gasteiger partial charge in [0.2, 0.25) is 5.91 Å². The van der Waals surface area contributed by atoms with Crippen LogP contribution in [-0.2, 0) is 11.3 Å². The van der Waals surface area contributed by atoms with Crippen LogP contribution in [0.3, 0.4) is 0 Å². The highest BCUT2D eigenvalue weighted by molar-refractivity contribution is 7.09. The Morgan fingerprint density at radius 3 is 2.67 bits per heavy atom. The summed E-state index contributed by atoms with van der Waals surface area (Å²) < 4.78 is 0. The molecule has 0 spiro atoms. The molecule has 0 aromatic carbocycles. The van der Waals surface area contributed by atoms with Crippen molar-refractivity contribution in [1.29, 1.82) is 0 Å². The summed E-state index contributed by atoms with van der Waals surface area (Å²) in [7, 11) is 0. The van der Waals surface area contributed by atoms with Crippen molar-refractivity contribution in [3.8, 4) is 0 Å². The third kappa shape index (κ3) is 3.25. The second-order valence-electron chi connectivity index (χ2n) is 4.76. The first-order valence-electron chi connectivity index (χ1n) is 6.26. The van der Waals surface area contributed by atoms with E-state index in [2.05, 4.69) is 6.07 Å². The molecule has 1 aliphatic rings. The lowest BCUT2D eigenvalue weighted by molar-refractivity contribution is -0.137. The van der Waals surface area contributed by atoms with Gasteiger partial charge in [-0.3, -0.25) is 4.79 Å². The maximum Gasteiger partial charge on any atom is 0.242 e. The molecule has 0 unspecified atom stereocenters. The van der Waals surface area contributed by atoms with Gasteiger partial charge in [-0.05, 0) is 31.2 Å². The van der Waals surface area contributed by atoms with Gasteiger partial charge in [-0.25, -0.2) is 0 Å². The van der Waals surface area contributed by atoms with Crippen LogP contribution < -0.4 is 5.73 Å². The number of nitrogens with zero attached hydrogens (tertiary/aromatic N) is 1. The molecule has 1 aromatic rings. The number of hydrogen-bond acceptors (Lipinski definition) is 3. The SMILES string of the molecule is CCN(Cc1cccs1)C(=O)C1(N)CCCC1.Cl. The van der Waals surface area contributed by atoms with Crippen molar-refractivity contribution in [2.75, 3.05) is 6.54 Å². The van der Waals surface area contributed by atoms with Crippen LogP contribution in [0.2, 0.25) is 0 Å². The zero-order chi connectivity index (χ0) is 12.3. The van der Waals surface area contributed by atoms with Gasteiger partial charge in [0, 0.05) is 11.4 Å². The molecule has 1 aromatic heterocycles. The quantitative estimate of drug-likeness (QED) is 0.926. The van der Waals surface area contributed by atoms with Crippen LogP contribution in [0, 0.1) is 0 Å². The Morgan fingerprint density at radius 1 is 1.50 bits per heavy atom. The van der Waals surface area contributed by atoms with Gasteiger partial charge in [0.25, 0.3) is 0 Å². The van der Waals surface area contributed by atoms with E-state index >= 15 is 0 Å². The van der Waals surface area contributed by atoms with Gasteiger partial charge >= 0.3 is 0 Å². The lowest BCUT2D eigenvalue weighted by Crippen LogP contribution is -2.53. The van der Waals surface area contributed by atoms with E-state index < -0.39 is 5.54 Å². The molecule has 102 valence electrons. The number of carbonyl (C=O) groups is 1. The summed E-state index contributed by atoms with van der Waals surface area (Å²) in [6.07, 6.45) is 3.84. The van der Waals surface area contributed by atoms with Crippen LogP contribution >= 0.6 is 23.7 Å². The largest absolute Gasteiger partial charge is 0.336 e. The van der Waals surface area contributed by atoms with Gasteiger partial charge in [0.15, 0.2) is 0 Å². The van der Waals surface area contributed by atoms with Crippen LogP contribution in [0.25, 0.3) is 0 Å². The van der Waals surface area contributed by atoms with E-state index in [-0.39, 0.29) is 18.3 Å². The number of nitrogens with two attached hydrogens (primary N) is 1. The van der Waals surface area contributed by atoms with E-state index in [1.54, 1.807) is 11.3 Å². The minimum Gasteiger partial charge on any atom is -0.336 e. The van der Waals surface area contributed by atoms with Crippen LogP contribution in [0.1, 0.15) is 37.5 Å². The Hall–Kier alpha value is -0.580. The summed E-state index contributed by atoms with van der Waals surface area (Å²) in [5, 5.41) is 2.04. The molecule has 2 rings (SSSR count). The summed E-state index contributed by atoms with van der Waals surface area (Å²) in [4.78, 5) is 15.5. The van der Waals surface area contributed by atoms with Crippen molar-refractivity contribution in [3.05, 3.63) is 22.4 Å². The third-order valence-electron chi connectivity index (χ3n) is 3.52. The normalized spacial score (nSPS) is 17.2. The van der Waals surface area contributed by atoms with Crippen LogP contribution in [-0.4, -0.2) is 22.9 Å². The van der Waals surface area contributed by atoms with E-state index in [1.807, 2.05) is 23.3 Å². The zero-order valence-electron chi connectivity index (χ0n) is 10.7. The molecule has 1 aliphatic carbocycles. The smallest absolute Gasteiger partial charge is 0.242 e. The highest BCUT2D eigenvalue weighted by Crippen LogP contribution is 2.29. The van der Waals surface area contributed by atoms with E-state index in [9.17, 15) is 4.79 Å². The maximum absolute atomic E-state index is 12.4. The topological polar surface area (TPSA) is 46.3 Å². The molecule has 0 radical (unpaired) electrons. The monoisotopic (exact) mass is 288 g/mol. The predicted molar refractivity (Wildman–Crippen MR) is 78.0 cm³/mol. The summed E-state index contributed by atoms with van der Waals surface area (Å²) in [5.74, 6) is 0.130. The molecule has 5 heteroatoms. The number of hydrogen-bond donors (Lipinski definition) is 1. The Balaban J connectivity index is 0.00000162. The maximum atomic E-state index is 12.4. The Bertz CT molecular complexity index is 374. The second-order valence-corrected chi connectivity index (χ2v) is 5.79. The summed E-state index contributed by atoms with van der Waals surface area (Å²) in [6, 6.07) is 4.09. The number of amides is 1. The molecular formula is C13H21ClN2OS. The van der Waals surface area contributed by atoms with Crippen molar-refractivity contribution in [3.63, 3.8) is 0 Å². The van der Waals surface area contributed by atoms with Crippen molar-refractivity contribution in [1.82, 2.24) is 4.90 Å². The van der Waals surface area contributed by atoms with Gasteiger partial charge in [-0.2, -0.15) is 0 Å². The molecule has 0 atom stereocenters. The van der Waals surface area contributed by atoms with Crippen molar-refractivity contribution in [2.45, 2.75) is 44.7 Å². The lowest BCUT2D eigenvalue weighted by Gasteiger charge is -2.30. The summed E-state index contributed by atoms with van der Waals surface area (Å²) >= 11 is 1.69. The number of thiophene rings is 1. The molecule has 0 bridgehead atoms. The summed E-state index contributed by atoms with van der Waals surface area (Å²) in [5.41, 5.74) is 5.63. The molecular weight excluding hydrogens is 268 g/mol. The van der Waals surface area contributed by atoms with Gasteiger partial charge in [0.05, 0.1) is 12.1 Å². The van der Waals surface area contributed by atoms with Gasteiger partial charge < -0.3 is 10.6 Å². The molecule has 2 N–H and O–H groups in total. The first kappa shape index (κ1) is 15.5. The van der Waals surface area contributed by atoms with E-state index in [0.29, 0.717) is 6.54 Å². The number of likely N-dealkylation sites (N-methyl/N-ethyl adjacent to an activating group) is 1. The predicted octanol–water partition coefficient (Wildman–Crippen LogP) is 2.79. The van der Waals surface area contributed by atoms with Gasteiger partial charge in [-0.1, -0.05) is 18.9 Å². The highest BCUT2D eigenvalue weighted by atomic mass is 35.5. The Kier molecular flexibility index (Phi) is 5.63. The molecule has 0 saturated heterocycles. The Labute approximate surface area is 119 Å². The molecule has 1 amide bonds. The Morgan fingerprint density at radius 2 is 2.17 bits per heavy atom. The van der Waals surface area contributed by atoms with E-state index in [0.717, 1.165) is 32.2 Å². The number of rotatable bonds is 4. The fourth-order valence-electron chi connectivity index (χ4n) is 2.45. The first-order chi connectivity index (χ1) is 8.15. The molecule has 1 saturated carbocycles. The molecule has 1 fully saturated rings. The van der Waals surface area contributed by atoms with Crippen LogP contribution in [0.5, 0.6) is 0 Å². The minimum absolute atomic E-state index is 0. The molecule has 18 heavy (non-hydrogen) atoms.